The Labute approximate surface area is 474 Å². The Bertz CT molecular complexity index is 1470. The molecule has 2 N–H and O–H groups in total. The van der Waals surface area contributed by atoms with Crippen molar-refractivity contribution in [3.05, 3.63) is 0 Å². The van der Waals surface area contributed by atoms with Crippen LogP contribution in [0.25, 0.3) is 0 Å². The van der Waals surface area contributed by atoms with E-state index in [2.05, 4.69) is 125 Å². The molecule has 4 unspecified atom stereocenters. The predicted molar refractivity (Wildman–Crippen MR) is 325 cm³/mol. The summed E-state index contributed by atoms with van der Waals surface area (Å²) in [6.45, 7) is 13.3. The summed E-state index contributed by atoms with van der Waals surface area (Å²) in [5.74, 6) is 1.03. The van der Waals surface area contributed by atoms with Gasteiger partial charge in [-0.3, -0.25) is 20.5 Å². The summed E-state index contributed by atoms with van der Waals surface area (Å²) < 4.78 is 6.63. The molecule has 0 bridgehead atoms. The van der Waals surface area contributed by atoms with Crippen LogP contribution in [0.2, 0.25) is 0 Å². The smallest absolute Gasteiger partial charge is 0.411 e. The van der Waals surface area contributed by atoms with E-state index in [-0.39, 0.29) is 31.8 Å². The van der Waals surface area contributed by atoms with E-state index in [1.165, 1.54) is 21.6 Å². The first-order valence-corrected chi connectivity index (χ1v) is 29.6. The molecule has 5 aliphatic heterocycles. The third kappa shape index (κ3) is 29.2. The predicted octanol–water partition coefficient (Wildman–Crippen LogP) is 7.17. The Kier molecular flexibility index (Phi) is 38.6. The number of hydrogen-bond acceptors (Lipinski definition) is 21. The molecular formula is C33H60N12S17Zn. The third-order valence-electron chi connectivity index (χ3n) is 7.52. The van der Waals surface area contributed by atoms with Gasteiger partial charge in [0.15, 0.2) is 9.49 Å². The van der Waals surface area contributed by atoms with Crippen LogP contribution in [0.3, 0.4) is 0 Å². The quantitative estimate of drug-likeness (QED) is 0.130. The van der Waals surface area contributed by atoms with Crippen molar-refractivity contribution in [2.45, 2.75) is 50.8 Å². The van der Waals surface area contributed by atoms with Gasteiger partial charge in [-0.1, -0.05) is 117 Å². The number of hydrogen-bond donors (Lipinski definition) is 2. The third-order valence-corrected chi connectivity index (χ3v) is 20.7. The average Bonchev–Trinajstić information content (AvgIpc) is 3.78. The first-order valence-electron chi connectivity index (χ1n) is 18.5. The van der Waals surface area contributed by atoms with E-state index >= 15 is 0 Å². The monoisotopic (exact) mass is 1230 g/mol. The van der Waals surface area contributed by atoms with Gasteiger partial charge in [-0.15, -0.1) is 0 Å². The summed E-state index contributed by atoms with van der Waals surface area (Å²) >= 11 is 54.6. The summed E-state index contributed by atoms with van der Waals surface area (Å²) in [7, 11) is 25.5. The van der Waals surface area contributed by atoms with Crippen molar-refractivity contribution in [3.63, 3.8) is 0 Å². The fourth-order valence-corrected chi connectivity index (χ4v) is 13.3. The Morgan fingerprint density at radius 2 is 1.08 bits per heavy atom. The van der Waals surface area contributed by atoms with Crippen LogP contribution >= 0.6 is 176 Å². The zero-order chi connectivity index (χ0) is 48.0. The molecule has 63 heavy (non-hydrogen) atoms. The molecule has 4 fully saturated rings. The van der Waals surface area contributed by atoms with Gasteiger partial charge in [-0.2, -0.15) is 0 Å². The molecular weight excluding hydrogens is 1170 g/mol. The van der Waals surface area contributed by atoms with E-state index in [1.54, 1.807) is 66.7 Å². The molecule has 0 radical (unpaired) electrons. The molecule has 0 aromatic carbocycles. The molecule has 5 rings (SSSR count). The number of fused-ring (bicyclic) bond motifs is 1. The molecule has 12 nitrogen and oxygen atoms in total. The molecule has 5 aliphatic rings. The number of amidine groups is 1. The van der Waals surface area contributed by atoms with Gasteiger partial charge in [0.25, 0.3) is 0 Å². The van der Waals surface area contributed by atoms with Crippen LogP contribution in [-0.2, 0) is 44.7 Å². The molecule has 0 aliphatic carbocycles. The van der Waals surface area contributed by atoms with Crippen molar-refractivity contribution < 1.29 is 19.5 Å². The van der Waals surface area contributed by atoms with Crippen LogP contribution in [-0.4, -0.2) is 216 Å². The summed E-state index contributed by atoms with van der Waals surface area (Å²) in [5, 5.41) is 8.90. The van der Waals surface area contributed by atoms with E-state index in [4.69, 9.17) is 73.3 Å². The summed E-state index contributed by atoms with van der Waals surface area (Å²) in [4.78, 5) is 22.3. The topological polar surface area (TPSA) is 65.6 Å². The maximum atomic E-state index is 5.50. The largest absolute Gasteiger partial charge is 2.00 e. The molecule has 356 valence electrons. The normalized spacial score (nSPS) is 21.3. The fourth-order valence-electron chi connectivity index (χ4n) is 4.21. The average molecular weight is 1240 g/mol. The minimum atomic E-state index is 0. The van der Waals surface area contributed by atoms with Crippen molar-refractivity contribution in [1.29, 1.82) is 0 Å². The van der Waals surface area contributed by atoms with Gasteiger partial charge in [-0.25, -0.2) is 0 Å². The van der Waals surface area contributed by atoms with E-state index in [0.29, 0.717) is 19.4 Å². The minimum absolute atomic E-state index is 0. The molecule has 0 spiro atoms. The molecule has 5 heterocycles. The summed E-state index contributed by atoms with van der Waals surface area (Å²) in [6, 6.07) is 0. The van der Waals surface area contributed by atoms with Gasteiger partial charge in [0.1, 0.15) is 21.6 Å². The molecule has 0 amide bonds. The van der Waals surface area contributed by atoms with Gasteiger partial charge in [-0.05, 0) is 77.9 Å². The first kappa shape index (κ1) is 67.3. The second-order valence-corrected chi connectivity index (χ2v) is 27.6. The van der Waals surface area contributed by atoms with Crippen LogP contribution in [0.1, 0.15) is 27.7 Å². The van der Waals surface area contributed by atoms with Crippen LogP contribution in [0.5, 0.6) is 0 Å². The Morgan fingerprint density at radius 3 is 1.38 bits per heavy atom. The number of thioether (sulfide) groups is 3. The number of nitrogens with one attached hydrogen (secondary N) is 2. The Morgan fingerprint density at radius 1 is 0.683 bits per heavy atom. The van der Waals surface area contributed by atoms with Gasteiger partial charge >= 0.3 is 19.5 Å². The molecule has 0 aromatic rings. The second kappa shape index (κ2) is 36.2. The van der Waals surface area contributed by atoms with E-state index in [1.807, 2.05) is 73.2 Å². The first-order chi connectivity index (χ1) is 28.7. The van der Waals surface area contributed by atoms with E-state index < -0.39 is 0 Å². The maximum absolute atomic E-state index is 5.50. The van der Waals surface area contributed by atoms with Crippen molar-refractivity contribution >= 4 is 241 Å². The zero-order valence-electron chi connectivity index (χ0n) is 38.2. The van der Waals surface area contributed by atoms with Crippen LogP contribution in [0.15, 0.2) is 4.99 Å². The molecule has 4 saturated heterocycles. The molecule has 30 heteroatoms. The number of rotatable bonds is 3. The number of aliphatic imine (C=N–C) groups is 1. The maximum Gasteiger partial charge on any atom is 2.00 e. The Hall–Kier alpha value is 2.18. The minimum Gasteiger partial charge on any atom is -0.411 e. The van der Waals surface area contributed by atoms with Crippen LogP contribution in [0, 0.1) is 0 Å². The Balaban J connectivity index is 0. The fraction of sp³-hybridized carbons (Fsp3) is 0.727. The van der Waals surface area contributed by atoms with E-state index in [0.717, 1.165) is 69.8 Å². The van der Waals surface area contributed by atoms with Gasteiger partial charge in [0.05, 0.1) is 42.2 Å². The van der Waals surface area contributed by atoms with Crippen LogP contribution in [0.4, 0.5) is 0 Å². The number of thiocarbonyl (C=S) groups is 8. The SMILES string of the molecule is CC1NC(C)N(CCN2C(=S)SC(C)NC2C)C(=S)S1.CN(C)C(=S)SSC(=S)N(C)C.CN(C)C(=S)[S-].CN(C)C(=S)[S-].CN1CSC(=S)N(C)C1.S=C1SSC2=NCCN12.[Zn+2]. The van der Waals surface area contributed by atoms with E-state index in [9.17, 15) is 0 Å². The van der Waals surface area contributed by atoms with Crippen LogP contribution < -0.4 is 10.6 Å². The number of nitrogens with zero attached hydrogens (tertiary/aromatic N) is 10. The van der Waals surface area contributed by atoms with Crippen molar-refractivity contribution in [3.8, 4) is 0 Å². The van der Waals surface area contributed by atoms with Crippen molar-refractivity contribution in [2.75, 3.05) is 109 Å². The van der Waals surface area contributed by atoms with Crippen molar-refractivity contribution in [2.24, 2.45) is 4.99 Å². The molecule has 4 atom stereocenters. The zero-order valence-corrected chi connectivity index (χ0v) is 55.0. The summed E-state index contributed by atoms with van der Waals surface area (Å²) in [6.07, 6.45) is 0.568. The summed E-state index contributed by atoms with van der Waals surface area (Å²) in [5.41, 5.74) is 0. The van der Waals surface area contributed by atoms with Gasteiger partial charge in [0, 0.05) is 83.1 Å². The van der Waals surface area contributed by atoms with Crippen molar-refractivity contribution in [1.82, 2.24) is 54.7 Å². The standard InChI is InChI=1S/C12H22N4S4.C6H12N2S4.C5H10N2S2.C4H4N2S3.2C3H7NS2.Zn/c1-7-13-9(3)19-11(17)15(7)5-6-16-8(2)14-10(4)20-12(16)18;1-7(2)5(9)11-12-6(10)8(3)4;1-6-3-7(2)5(8)9-4-6;7-4-6-2-1-5-3(6)8-9-4;2*1-4(2)3(5)6;/h7-10,13-14H,5-6H2,1-4H3;1-4H3;3-4H2,1-2H3;1-2H2;2*1-2H3,(H,5,6);/q;;;;;;+2/p-2. The molecule has 0 aromatic heterocycles. The second-order valence-electron chi connectivity index (χ2n) is 13.9. The van der Waals surface area contributed by atoms with Gasteiger partial charge in [0.2, 0.25) is 0 Å². The molecule has 0 saturated carbocycles. The van der Waals surface area contributed by atoms with Gasteiger partial charge < -0.3 is 88.9 Å².